The van der Waals surface area contributed by atoms with Crippen LogP contribution in [0, 0.1) is 22.7 Å². The molecule has 43 heavy (non-hydrogen) atoms. The van der Waals surface area contributed by atoms with Gasteiger partial charge in [0, 0.05) is 22.3 Å². The second-order valence-electron chi connectivity index (χ2n) is 15.9. The van der Waals surface area contributed by atoms with Crippen LogP contribution in [0.4, 0.5) is 0 Å². The van der Waals surface area contributed by atoms with Crippen LogP contribution in [0.2, 0.25) is 0 Å². The van der Waals surface area contributed by atoms with Crippen LogP contribution in [-0.4, -0.2) is 11.6 Å². The zero-order chi connectivity index (χ0) is 31.1. The first-order valence-corrected chi connectivity index (χ1v) is 16.7. The van der Waals surface area contributed by atoms with E-state index < -0.39 is 0 Å². The average Bonchev–Trinajstić information content (AvgIpc) is 2.94. The molecule has 0 radical (unpaired) electrons. The minimum absolute atomic E-state index is 0.109. The fraction of sp³-hybridized carbons (Fsp3) is 0.512. The molecule has 3 aromatic rings. The minimum atomic E-state index is 0.109. The summed E-state index contributed by atoms with van der Waals surface area (Å²) in [7, 11) is 0. The molecule has 228 valence electrons. The molecule has 0 heterocycles. The lowest BCUT2D eigenvalue weighted by atomic mass is 9.77. The highest BCUT2D eigenvalue weighted by molar-refractivity contribution is 6.16. The van der Waals surface area contributed by atoms with Gasteiger partial charge < -0.3 is 0 Å². The lowest BCUT2D eigenvalue weighted by molar-refractivity contribution is 0.102. The Morgan fingerprint density at radius 1 is 0.605 bits per heavy atom. The van der Waals surface area contributed by atoms with Gasteiger partial charge in [0.1, 0.15) is 0 Å². The van der Waals surface area contributed by atoms with E-state index in [9.17, 15) is 9.59 Å². The van der Waals surface area contributed by atoms with E-state index in [1.165, 1.54) is 30.4 Å². The van der Waals surface area contributed by atoms with E-state index in [0.717, 1.165) is 70.2 Å². The van der Waals surface area contributed by atoms with Crippen LogP contribution in [0.3, 0.4) is 0 Å². The molecule has 0 saturated carbocycles. The SMILES string of the molecule is CCC(C)(C)CC(C)CCc1ccc2c(c1)C(=O)c1cc3c(cc1C2)C(=O)c1cc(CCC(C)CC(C)(C)C)ccc1C3. The van der Waals surface area contributed by atoms with Crippen molar-refractivity contribution >= 4 is 11.6 Å². The number of carbonyl (C=O) groups is 2. The predicted molar refractivity (Wildman–Crippen MR) is 180 cm³/mol. The predicted octanol–water partition coefficient (Wildman–Crippen LogP) is 10.4. The van der Waals surface area contributed by atoms with Gasteiger partial charge in [-0.3, -0.25) is 9.59 Å². The smallest absolute Gasteiger partial charge is 0.193 e. The Kier molecular flexibility index (Phi) is 8.90. The number of fused-ring (bicyclic) bond motifs is 4. The number of ketones is 2. The van der Waals surface area contributed by atoms with E-state index in [1.807, 2.05) is 12.1 Å². The van der Waals surface area contributed by atoms with Crippen LogP contribution in [-0.2, 0) is 25.7 Å². The van der Waals surface area contributed by atoms with Crippen LogP contribution in [0.1, 0.15) is 153 Å². The molecular formula is C41H52O2. The third kappa shape index (κ3) is 7.22. The molecule has 0 amide bonds. The maximum Gasteiger partial charge on any atom is 0.193 e. The van der Waals surface area contributed by atoms with Crippen LogP contribution in [0.5, 0.6) is 0 Å². The molecule has 0 fully saturated rings. The van der Waals surface area contributed by atoms with Gasteiger partial charge in [-0.05, 0) is 132 Å². The summed E-state index contributed by atoms with van der Waals surface area (Å²) < 4.78 is 0. The Hall–Kier alpha value is -3.00. The lowest BCUT2D eigenvalue weighted by Crippen LogP contribution is -2.21. The van der Waals surface area contributed by atoms with Crippen molar-refractivity contribution in [3.05, 3.63) is 104 Å². The Morgan fingerprint density at radius 2 is 1.02 bits per heavy atom. The summed E-state index contributed by atoms with van der Waals surface area (Å²) in [5, 5.41) is 0. The molecule has 0 aromatic heterocycles. The fourth-order valence-corrected chi connectivity index (χ4v) is 7.56. The van der Waals surface area contributed by atoms with Crippen LogP contribution >= 0.6 is 0 Å². The summed E-state index contributed by atoms with van der Waals surface area (Å²) in [6.07, 6.45) is 9.31. The molecule has 2 atom stereocenters. The largest absolute Gasteiger partial charge is 0.289 e. The van der Waals surface area contributed by atoms with Crippen molar-refractivity contribution in [3.8, 4) is 0 Å². The molecule has 0 bridgehead atoms. The number of rotatable bonds is 10. The lowest BCUT2D eigenvalue weighted by Gasteiger charge is -2.27. The normalized spacial score (nSPS) is 15.8. The number of hydrogen-bond acceptors (Lipinski definition) is 2. The minimum Gasteiger partial charge on any atom is -0.289 e. The Bertz CT molecular complexity index is 1530. The van der Waals surface area contributed by atoms with Crippen LogP contribution < -0.4 is 0 Å². The Labute approximate surface area is 260 Å². The molecular weight excluding hydrogens is 524 g/mol. The molecule has 2 nitrogen and oxygen atoms in total. The first-order valence-electron chi connectivity index (χ1n) is 16.7. The molecule has 2 heteroatoms. The molecule has 0 spiro atoms. The number of hydrogen-bond donors (Lipinski definition) is 0. The van der Waals surface area contributed by atoms with Gasteiger partial charge in [-0.2, -0.15) is 0 Å². The molecule has 2 unspecified atom stereocenters. The maximum absolute atomic E-state index is 13.8. The number of aryl methyl sites for hydroxylation is 2. The summed E-state index contributed by atoms with van der Waals surface area (Å²) in [5.74, 6) is 1.52. The van der Waals surface area contributed by atoms with Gasteiger partial charge in [-0.15, -0.1) is 0 Å². The van der Waals surface area contributed by atoms with Gasteiger partial charge in [-0.25, -0.2) is 0 Å². The van der Waals surface area contributed by atoms with E-state index in [0.29, 0.717) is 35.5 Å². The van der Waals surface area contributed by atoms with Crippen molar-refractivity contribution in [1.29, 1.82) is 0 Å². The molecule has 2 aliphatic carbocycles. The van der Waals surface area contributed by atoms with Gasteiger partial charge in [0.2, 0.25) is 0 Å². The standard InChI is InChI=1S/C41H52O2/c1-9-41(7,8)25-27(3)11-13-29-15-17-31-21-33-22-36-32(23-37(33)39(43)35(31)19-29)20-30-16-14-28(18-34(30)38(36)42)12-10-26(2)24-40(4,5)6/h14-19,22-23,26-27H,9-13,20-21,24-25H2,1-8H3. The third-order valence-corrected chi connectivity index (χ3v) is 10.1. The molecule has 0 aliphatic heterocycles. The van der Waals surface area contributed by atoms with E-state index in [1.54, 1.807) is 0 Å². The number of benzene rings is 3. The quantitative estimate of drug-likeness (QED) is 0.166. The topological polar surface area (TPSA) is 34.1 Å². The summed E-state index contributed by atoms with van der Waals surface area (Å²) >= 11 is 0. The first kappa shape index (κ1) is 31.4. The highest BCUT2D eigenvalue weighted by Gasteiger charge is 2.30. The van der Waals surface area contributed by atoms with Gasteiger partial charge in [0.15, 0.2) is 11.6 Å². The number of carbonyl (C=O) groups excluding carboxylic acids is 2. The highest BCUT2D eigenvalue weighted by Crippen LogP contribution is 2.36. The molecule has 5 rings (SSSR count). The third-order valence-electron chi connectivity index (χ3n) is 10.1. The molecule has 0 N–H and O–H groups in total. The van der Waals surface area contributed by atoms with E-state index >= 15 is 0 Å². The summed E-state index contributed by atoms with van der Waals surface area (Å²) in [4.78, 5) is 27.6. The van der Waals surface area contributed by atoms with Gasteiger partial charge in [0.25, 0.3) is 0 Å². The van der Waals surface area contributed by atoms with Crippen molar-refractivity contribution in [2.75, 3.05) is 0 Å². The Morgan fingerprint density at radius 3 is 1.44 bits per heavy atom. The Balaban J connectivity index is 1.31. The second-order valence-corrected chi connectivity index (χ2v) is 15.9. The molecule has 0 saturated heterocycles. The van der Waals surface area contributed by atoms with Crippen molar-refractivity contribution < 1.29 is 9.59 Å². The summed E-state index contributed by atoms with van der Waals surface area (Å²) in [6, 6.07) is 17.0. The molecule has 2 aliphatic rings. The summed E-state index contributed by atoms with van der Waals surface area (Å²) in [6.45, 7) is 18.6. The van der Waals surface area contributed by atoms with E-state index in [4.69, 9.17) is 0 Å². The average molecular weight is 577 g/mol. The monoisotopic (exact) mass is 576 g/mol. The zero-order valence-electron chi connectivity index (χ0n) is 28.0. The molecule has 3 aromatic carbocycles. The maximum atomic E-state index is 13.8. The van der Waals surface area contributed by atoms with Crippen molar-refractivity contribution in [1.82, 2.24) is 0 Å². The second kappa shape index (κ2) is 12.2. The van der Waals surface area contributed by atoms with Gasteiger partial charge >= 0.3 is 0 Å². The van der Waals surface area contributed by atoms with Crippen molar-refractivity contribution in [2.45, 2.75) is 113 Å². The van der Waals surface area contributed by atoms with Crippen molar-refractivity contribution in [2.24, 2.45) is 22.7 Å². The first-order chi connectivity index (χ1) is 20.2. The van der Waals surface area contributed by atoms with E-state index in [-0.39, 0.29) is 11.6 Å². The summed E-state index contributed by atoms with van der Waals surface area (Å²) in [5.41, 5.74) is 10.6. The zero-order valence-corrected chi connectivity index (χ0v) is 28.0. The fourth-order valence-electron chi connectivity index (χ4n) is 7.56. The van der Waals surface area contributed by atoms with Crippen LogP contribution in [0.25, 0.3) is 0 Å². The van der Waals surface area contributed by atoms with Crippen LogP contribution in [0.15, 0.2) is 48.5 Å². The van der Waals surface area contributed by atoms with Crippen molar-refractivity contribution in [3.63, 3.8) is 0 Å². The van der Waals surface area contributed by atoms with E-state index in [2.05, 4.69) is 91.8 Å². The van der Waals surface area contributed by atoms with Gasteiger partial charge in [0.05, 0.1) is 0 Å². The van der Waals surface area contributed by atoms with Gasteiger partial charge in [-0.1, -0.05) is 86.1 Å². The highest BCUT2D eigenvalue weighted by atomic mass is 16.1.